The van der Waals surface area contributed by atoms with Crippen LogP contribution in [0.1, 0.15) is 130 Å². The van der Waals surface area contributed by atoms with E-state index in [1.165, 1.54) is 106 Å². The predicted molar refractivity (Wildman–Crippen MR) is 230 cm³/mol. The second kappa shape index (κ2) is 21.6. The topological polar surface area (TPSA) is 18.5 Å². The number of aryl methyl sites for hydroxylation is 1. The fourth-order valence-electron chi connectivity index (χ4n) is 6.47. The molecular formula is C48H58O2S2. The van der Waals surface area contributed by atoms with Crippen LogP contribution in [0, 0.1) is 6.92 Å². The van der Waals surface area contributed by atoms with Gasteiger partial charge in [-0.25, -0.2) is 0 Å². The Labute approximate surface area is 322 Å². The first-order valence-corrected chi connectivity index (χ1v) is 21.3. The Kier molecular flexibility index (Phi) is 16.4. The molecule has 0 unspecified atom stereocenters. The van der Waals surface area contributed by atoms with Crippen LogP contribution >= 0.6 is 22.7 Å². The molecule has 0 saturated heterocycles. The zero-order chi connectivity index (χ0) is 36.4. The van der Waals surface area contributed by atoms with Gasteiger partial charge in [-0.1, -0.05) is 139 Å². The third-order valence-corrected chi connectivity index (χ3v) is 11.8. The van der Waals surface area contributed by atoms with Crippen molar-refractivity contribution in [2.45, 2.75) is 105 Å². The first kappa shape index (κ1) is 39.3. The number of hydrogen-bond donors (Lipinski definition) is 0. The van der Waals surface area contributed by atoms with E-state index in [1.807, 2.05) is 22.7 Å². The number of hydrogen-bond acceptors (Lipinski definition) is 4. The summed E-state index contributed by atoms with van der Waals surface area (Å²) in [5, 5.41) is 0. The van der Waals surface area contributed by atoms with E-state index in [1.54, 1.807) is 0 Å². The summed E-state index contributed by atoms with van der Waals surface area (Å²) in [6.07, 6.45) is 19.4. The van der Waals surface area contributed by atoms with E-state index in [-0.39, 0.29) is 0 Å². The van der Waals surface area contributed by atoms with E-state index in [0.717, 1.165) is 35.5 Å². The van der Waals surface area contributed by atoms with E-state index < -0.39 is 0 Å². The monoisotopic (exact) mass is 730 g/mol. The van der Waals surface area contributed by atoms with Gasteiger partial charge in [0.05, 0.1) is 13.2 Å². The van der Waals surface area contributed by atoms with Gasteiger partial charge in [0.15, 0.2) is 0 Å². The molecule has 0 aliphatic rings. The molecule has 2 aromatic heterocycles. The number of allylic oxidation sites excluding steroid dienone is 1. The Morgan fingerprint density at radius 1 is 0.538 bits per heavy atom. The second-order valence-corrected chi connectivity index (χ2v) is 16.2. The highest BCUT2D eigenvalue weighted by Gasteiger charge is 2.16. The van der Waals surface area contributed by atoms with E-state index in [4.69, 9.17) is 9.47 Å². The maximum Gasteiger partial charge on any atom is 0.127 e. The zero-order valence-electron chi connectivity index (χ0n) is 31.9. The summed E-state index contributed by atoms with van der Waals surface area (Å²) in [6.45, 7) is 10.3. The van der Waals surface area contributed by atoms with Crippen LogP contribution in [0.3, 0.4) is 0 Å². The molecule has 0 bridgehead atoms. The van der Waals surface area contributed by atoms with Crippen molar-refractivity contribution in [3.63, 3.8) is 0 Å². The average Bonchev–Trinajstić information content (AvgIpc) is 3.84. The highest BCUT2D eigenvalue weighted by molar-refractivity contribution is 7.22. The van der Waals surface area contributed by atoms with Crippen LogP contribution in [-0.4, -0.2) is 13.2 Å². The number of ether oxygens (including phenoxy) is 2. The van der Waals surface area contributed by atoms with Crippen molar-refractivity contribution in [3.05, 3.63) is 129 Å². The predicted octanol–water partition coefficient (Wildman–Crippen LogP) is 15.4. The molecule has 2 nitrogen and oxygen atoms in total. The van der Waals surface area contributed by atoms with Gasteiger partial charge in [0.25, 0.3) is 0 Å². The normalized spacial score (nSPS) is 12.0. The molecule has 5 rings (SSSR count). The van der Waals surface area contributed by atoms with Gasteiger partial charge in [-0.3, -0.25) is 0 Å². The smallest absolute Gasteiger partial charge is 0.127 e. The van der Waals surface area contributed by atoms with Gasteiger partial charge in [-0.15, -0.1) is 22.7 Å². The van der Waals surface area contributed by atoms with Crippen LogP contribution < -0.4 is 9.47 Å². The SMILES string of the molecule is CCCCCCCCOc1cc(C=C(c2ccccc2)c2ccc(-c3ccc(C)s3)s2)c(OCCCCCCCC)cc1C=C(C)c1ccccc1. The average molecular weight is 731 g/mol. The van der Waals surface area contributed by atoms with Gasteiger partial charge in [-0.05, 0) is 97.5 Å². The summed E-state index contributed by atoms with van der Waals surface area (Å²) in [5.74, 6) is 1.82. The number of rotatable bonds is 22. The molecular weight excluding hydrogens is 673 g/mol. The Morgan fingerprint density at radius 3 is 1.60 bits per heavy atom. The molecule has 0 amide bonds. The minimum absolute atomic E-state index is 0.702. The fraction of sp³-hybridized carbons (Fsp3) is 0.375. The molecule has 0 spiro atoms. The van der Waals surface area contributed by atoms with Crippen molar-refractivity contribution >= 4 is 46.0 Å². The van der Waals surface area contributed by atoms with Crippen molar-refractivity contribution in [2.24, 2.45) is 0 Å². The lowest BCUT2D eigenvalue weighted by molar-refractivity contribution is 0.295. The molecule has 2 heterocycles. The molecule has 3 aromatic carbocycles. The van der Waals surface area contributed by atoms with Crippen molar-refractivity contribution in [3.8, 4) is 21.3 Å². The Hall–Kier alpha value is -3.86. The van der Waals surface area contributed by atoms with Gasteiger partial charge in [0, 0.05) is 30.6 Å². The maximum atomic E-state index is 6.73. The first-order valence-electron chi connectivity index (χ1n) is 19.7. The van der Waals surface area contributed by atoms with E-state index in [2.05, 4.69) is 137 Å². The van der Waals surface area contributed by atoms with Crippen LogP contribution in [0.15, 0.2) is 97.1 Å². The molecule has 0 radical (unpaired) electrons. The Bertz CT molecular complexity index is 1830. The molecule has 0 saturated carbocycles. The minimum atomic E-state index is 0.702. The summed E-state index contributed by atoms with van der Waals surface area (Å²) in [6, 6.07) is 34.9. The molecule has 0 aliphatic carbocycles. The molecule has 0 fully saturated rings. The second-order valence-electron chi connectivity index (χ2n) is 13.9. The van der Waals surface area contributed by atoms with Crippen LogP contribution in [0.4, 0.5) is 0 Å². The first-order chi connectivity index (χ1) is 25.6. The lowest BCUT2D eigenvalue weighted by Gasteiger charge is -2.17. The quantitative estimate of drug-likeness (QED) is 0.0521. The summed E-state index contributed by atoms with van der Waals surface area (Å²) >= 11 is 3.71. The highest BCUT2D eigenvalue weighted by Crippen LogP contribution is 2.41. The molecule has 274 valence electrons. The molecule has 5 aromatic rings. The minimum Gasteiger partial charge on any atom is -0.493 e. The molecule has 4 heteroatoms. The van der Waals surface area contributed by atoms with Crippen molar-refractivity contribution in [1.82, 2.24) is 0 Å². The lowest BCUT2D eigenvalue weighted by Crippen LogP contribution is -2.03. The standard InChI is InChI=1S/C48H58O2S2/c1-5-7-9-11-13-21-31-49-44-36-42(34-43(40-25-19-16-20-26-40)46-29-30-48(52-46)47-28-27-38(4)51-47)45(50-32-22-14-12-10-8-6-2)35-41(44)33-37(3)39-23-17-15-18-24-39/h15-20,23-30,33-36H,5-14,21-22,31-32H2,1-4H3. The third-order valence-electron chi connectivity index (χ3n) is 9.49. The summed E-state index contributed by atoms with van der Waals surface area (Å²) in [4.78, 5) is 5.20. The van der Waals surface area contributed by atoms with Crippen molar-refractivity contribution in [1.29, 1.82) is 0 Å². The summed E-state index contributed by atoms with van der Waals surface area (Å²) in [5.41, 5.74) is 6.92. The van der Waals surface area contributed by atoms with Gasteiger partial charge < -0.3 is 9.47 Å². The lowest BCUT2D eigenvalue weighted by atomic mass is 9.98. The van der Waals surface area contributed by atoms with Gasteiger partial charge in [0.1, 0.15) is 11.5 Å². The van der Waals surface area contributed by atoms with E-state index >= 15 is 0 Å². The molecule has 0 aliphatic heterocycles. The molecule has 0 N–H and O–H groups in total. The number of thiophene rings is 2. The van der Waals surface area contributed by atoms with E-state index in [0.29, 0.717) is 13.2 Å². The van der Waals surface area contributed by atoms with E-state index in [9.17, 15) is 0 Å². The largest absolute Gasteiger partial charge is 0.493 e. The molecule has 0 atom stereocenters. The maximum absolute atomic E-state index is 6.73. The Morgan fingerprint density at radius 2 is 1.04 bits per heavy atom. The van der Waals surface area contributed by atoms with Crippen LogP contribution in [0.5, 0.6) is 11.5 Å². The summed E-state index contributed by atoms with van der Waals surface area (Å²) in [7, 11) is 0. The number of unbranched alkanes of at least 4 members (excludes halogenated alkanes) is 10. The van der Waals surface area contributed by atoms with Gasteiger partial charge >= 0.3 is 0 Å². The van der Waals surface area contributed by atoms with Crippen LogP contribution in [0.25, 0.3) is 33.1 Å². The third kappa shape index (κ3) is 12.1. The molecule has 52 heavy (non-hydrogen) atoms. The van der Waals surface area contributed by atoms with Crippen molar-refractivity contribution < 1.29 is 9.47 Å². The van der Waals surface area contributed by atoms with Crippen molar-refractivity contribution in [2.75, 3.05) is 13.2 Å². The van der Waals surface area contributed by atoms with Crippen LogP contribution in [0.2, 0.25) is 0 Å². The Balaban J connectivity index is 1.55. The van der Waals surface area contributed by atoms with Gasteiger partial charge in [0.2, 0.25) is 0 Å². The number of benzene rings is 3. The highest BCUT2D eigenvalue weighted by atomic mass is 32.1. The van der Waals surface area contributed by atoms with Gasteiger partial charge in [-0.2, -0.15) is 0 Å². The van der Waals surface area contributed by atoms with Crippen LogP contribution in [-0.2, 0) is 0 Å². The summed E-state index contributed by atoms with van der Waals surface area (Å²) < 4.78 is 13.4. The zero-order valence-corrected chi connectivity index (χ0v) is 33.6. The fourth-order valence-corrected chi connectivity index (χ4v) is 8.47.